The lowest BCUT2D eigenvalue weighted by Gasteiger charge is -2.15. The molecule has 0 bridgehead atoms. The van der Waals surface area contributed by atoms with Crippen LogP contribution in [0.1, 0.15) is 316 Å². The van der Waals surface area contributed by atoms with Gasteiger partial charge in [-0.25, -0.2) is 0 Å². The molecule has 0 spiro atoms. The van der Waals surface area contributed by atoms with E-state index in [2.05, 4.69) is 38.2 Å². The molecule has 0 fully saturated rings. The molecule has 0 aromatic rings. The van der Waals surface area contributed by atoms with Gasteiger partial charge in [0.1, 0.15) is 6.61 Å². The van der Waals surface area contributed by atoms with E-state index in [1.54, 1.807) is 0 Å². The summed E-state index contributed by atoms with van der Waals surface area (Å²) in [5, 5.41) is 9.61. The molecular weight excluding hydrogens is 777 g/mol. The van der Waals surface area contributed by atoms with Crippen molar-refractivity contribution in [3.63, 3.8) is 0 Å². The Morgan fingerprint density at radius 2 is 0.651 bits per heavy atom. The van der Waals surface area contributed by atoms with Gasteiger partial charge in [-0.05, 0) is 38.5 Å². The molecule has 1 unspecified atom stereocenters. The van der Waals surface area contributed by atoms with Crippen LogP contribution in [0.4, 0.5) is 0 Å². The number of unbranched alkanes of at least 4 members (excludes halogenated alkanes) is 41. The highest BCUT2D eigenvalue weighted by Gasteiger charge is 2.16. The third-order valence-corrected chi connectivity index (χ3v) is 13.0. The number of aliphatic hydroxyl groups excluding tert-OH is 1. The predicted molar refractivity (Wildman–Crippen MR) is 275 cm³/mol. The molecule has 0 aliphatic heterocycles. The van der Waals surface area contributed by atoms with E-state index in [9.17, 15) is 14.7 Å². The number of hydrogen-bond donors (Lipinski definition) is 1. The fraction of sp³-hybridized carbons (Fsp3) is 0.897. The summed E-state index contributed by atoms with van der Waals surface area (Å²) in [4.78, 5) is 24.4. The lowest BCUT2D eigenvalue weighted by molar-refractivity contribution is -0.161. The maximum absolute atomic E-state index is 12.2. The highest BCUT2D eigenvalue weighted by Crippen LogP contribution is 2.18. The summed E-state index contributed by atoms with van der Waals surface area (Å²) in [5.41, 5.74) is 0. The molecule has 0 aromatic carbocycles. The zero-order valence-corrected chi connectivity index (χ0v) is 42.6. The average Bonchev–Trinajstić information content (AvgIpc) is 3.29. The van der Waals surface area contributed by atoms with Gasteiger partial charge in [0, 0.05) is 12.8 Å². The van der Waals surface area contributed by atoms with Crippen LogP contribution in [-0.4, -0.2) is 36.4 Å². The Morgan fingerprint density at radius 3 is 0.984 bits per heavy atom. The van der Waals surface area contributed by atoms with Crippen LogP contribution in [0.5, 0.6) is 0 Å². The first-order valence-corrected chi connectivity index (χ1v) is 28.4. The predicted octanol–water partition coefficient (Wildman–Crippen LogP) is 18.9. The molecule has 0 amide bonds. The Labute approximate surface area is 394 Å². The lowest BCUT2D eigenvalue weighted by Crippen LogP contribution is -2.28. The van der Waals surface area contributed by atoms with E-state index in [0.717, 1.165) is 51.4 Å². The van der Waals surface area contributed by atoms with E-state index in [-0.39, 0.29) is 25.2 Å². The van der Waals surface area contributed by atoms with Gasteiger partial charge in [0.25, 0.3) is 0 Å². The lowest BCUT2D eigenvalue weighted by atomic mass is 10.0. The number of aliphatic hydroxyl groups is 1. The fourth-order valence-electron chi connectivity index (χ4n) is 8.69. The van der Waals surface area contributed by atoms with Gasteiger partial charge in [-0.1, -0.05) is 289 Å². The third kappa shape index (κ3) is 52.9. The van der Waals surface area contributed by atoms with Crippen LogP contribution >= 0.6 is 0 Å². The molecule has 0 saturated heterocycles. The van der Waals surface area contributed by atoms with Crippen LogP contribution in [0.15, 0.2) is 24.3 Å². The van der Waals surface area contributed by atoms with E-state index < -0.39 is 6.10 Å². The number of allylic oxidation sites excluding steroid dienone is 4. The molecule has 0 saturated carbocycles. The number of ether oxygens (including phenoxy) is 2. The minimum absolute atomic E-state index is 0.0667. The molecule has 5 nitrogen and oxygen atoms in total. The SMILES string of the molecule is CCCC/C=C\C/C=C\CCCCCCCC(=O)OC(CO)COC(=O)CCCCCCCCCCCCCCCCCCCCCCCCCCCCCCCCCCCCC. The number of rotatable bonds is 53. The molecule has 0 rings (SSSR count). The van der Waals surface area contributed by atoms with Gasteiger partial charge >= 0.3 is 11.9 Å². The zero-order chi connectivity index (χ0) is 45.6. The van der Waals surface area contributed by atoms with Gasteiger partial charge in [0.2, 0.25) is 0 Å². The molecule has 0 aliphatic rings. The van der Waals surface area contributed by atoms with Crippen molar-refractivity contribution in [3.05, 3.63) is 24.3 Å². The normalized spacial score (nSPS) is 12.2. The van der Waals surface area contributed by atoms with Crippen LogP contribution < -0.4 is 0 Å². The first-order chi connectivity index (χ1) is 31.1. The molecule has 5 heteroatoms. The summed E-state index contributed by atoms with van der Waals surface area (Å²) >= 11 is 0. The molecule has 1 atom stereocenters. The van der Waals surface area contributed by atoms with E-state index >= 15 is 0 Å². The average molecular weight is 888 g/mol. The molecule has 1 N–H and O–H groups in total. The highest BCUT2D eigenvalue weighted by molar-refractivity contribution is 5.70. The fourth-order valence-corrected chi connectivity index (χ4v) is 8.69. The van der Waals surface area contributed by atoms with Gasteiger partial charge in [0.15, 0.2) is 6.10 Å². The van der Waals surface area contributed by atoms with Crippen molar-refractivity contribution in [2.45, 2.75) is 322 Å². The largest absolute Gasteiger partial charge is 0.462 e. The topological polar surface area (TPSA) is 72.8 Å². The van der Waals surface area contributed by atoms with Crippen molar-refractivity contribution in [2.75, 3.05) is 13.2 Å². The molecule has 0 radical (unpaired) electrons. The smallest absolute Gasteiger partial charge is 0.306 e. The molecule has 372 valence electrons. The third-order valence-electron chi connectivity index (χ3n) is 13.0. The minimum Gasteiger partial charge on any atom is -0.462 e. The van der Waals surface area contributed by atoms with Gasteiger partial charge in [-0.2, -0.15) is 0 Å². The minimum atomic E-state index is -0.775. The first-order valence-electron chi connectivity index (χ1n) is 28.4. The summed E-state index contributed by atoms with van der Waals surface area (Å²) in [6.45, 7) is 4.13. The standard InChI is InChI=1S/C58H110O5/c1-3-5-7-9-11-13-15-17-19-20-21-22-23-24-25-26-27-28-29-30-31-32-33-34-35-36-37-38-39-41-42-44-46-48-50-52-57(60)62-55-56(54-59)63-58(61)53-51-49-47-45-43-40-18-16-14-12-10-8-6-4-2/h10,12,16,18,56,59H,3-9,11,13-15,17,19-55H2,1-2H3/b12-10-,18-16-. The van der Waals surface area contributed by atoms with Crippen LogP contribution in [0.2, 0.25) is 0 Å². The van der Waals surface area contributed by atoms with E-state index in [0.29, 0.717) is 12.8 Å². The number of hydrogen-bond acceptors (Lipinski definition) is 5. The monoisotopic (exact) mass is 887 g/mol. The summed E-state index contributed by atoms with van der Waals surface area (Å²) < 4.78 is 10.7. The van der Waals surface area contributed by atoms with Crippen molar-refractivity contribution in [1.29, 1.82) is 0 Å². The first kappa shape index (κ1) is 61.4. The maximum atomic E-state index is 12.2. The number of carbonyl (C=O) groups excluding carboxylic acids is 2. The quantitative estimate of drug-likeness (QED) is 0.0374. The van der Waals surface area contributed by atoms with Gasteiger partial charge in [-0.15, -0.1) is 0 Å². The van der Waals surface area contributed by atoms with Crippen LogP contribution in [0.25, 0.3) is 0 Å². The van der Waals surface area contributed by atoms with Crippen molar-refractivity contribution in [1.82, 2.24) is 0 Å². The van der Waals surface area contributed by atoms with Crippen molar-refractivity contribution in [2.24, 2.45) is 0 Å². The Balaban J connectivity index is 3.36. The maximum Gasteiger partial charge on any atom is 0.306 e. The van der Waals surface area contributed by atoms with Crippen molar-refractivity contribution >= 4 is 11.9 Å². The van der Waals surface area contributed by atoms with Gasteiger partial charge in [0.05, 0.1) is 6.61 Å². The second kappa shape index (κ2) is 54.7. The summed E-state index contributed by atoms with van der Waals surface area (Å²) in [6, 6.07) is 0. The molecule has 0 aliphatic carbocycles. The van der Waals surface area contributed by atoms with Gasteiger partial charge in [-0.3, -0.25) is 9.59 Å². The second-order valence-electron chi connectivity index (χ2n) is 19.4. The molecule has 0 aromatic heterocycles. The van der Waals surface area contributed by atoms with Crippen molar-refractivity contribution in [3.8, 4) is 0 Å². The van der Waals surface area contributed by atoms with Crippen LogP contribution in [0, 0.1) is 0 Å². The van der Waals surface area contributed by atoms with Crippen molar-refractivity contribution < 1.29 is 24.2 Å². The van der Waals surface area contributed by atoms with E-state index in [1.165, 1.54) is 238 Å². The zero-order valence-electron chi connectivity index (χ0n) is 42.6. The summed E-state index contributed by atoms with van der Waals surface area (Å²) in [7, 11) is 0. The highest BCUT2D eigenvalue weighted by atomic mass is 16.6. The number of carbonyl (C=O) groups is 2. The second-order valence-corrected chi connectivity index (χ2v) is 19.4. The molecular formula is C58H110O5. The molecule has 0 heterocycles. The molecule has 63 heavy (non-hydrogen) atoms. The Kier molecular flexibility index (Phi) is 53.3. The van der Waals surface area contributed by atoms with E-state index in [1.807, 2.05) is 0 Å². The van der Waals surface area contributed by atoms with Crippen LogP contribution in [-0.2, 0) is 19.1 Å². The number of esters is 2. The van der Waals surface area contributed by atoms with E-state index in [4.69, 9.17) is 9.47 Å². The Morgan fingerprint density at radius 1 is 0.365 bits per heavy atom. The Hall–Kier alpha value is -1.62. The Bertz CT molecular complexity index is 959. The summed E-state index contributed by atoms with van der Waals surface area (Å²) in [5.74, 6) is -0.592. The van der Waals surface area contributed by atoms with Crippen LogP contribution in [0.3, 0.4) is 0 Å². The summed E-state index contributed by atoms with van der Waals surface area (Å²) in [6.07, 6.45) is 68.9. The van der Waals surface area contributed by atoms with Gasteiger partial charge < -0.3 is 14.6 Å².